The molecule has 2 aromatic rings. The highest BCUT2D eigenvalue weighted by Crippen LogP contribution is 2.33. The van der Waals surface area contributed by atoms with Crippen LogP contribution in [0.4, 0.5) is 5.82 Å². The van der Waals surface area contributed by atoms with Gasteiger partial charge in [0.15, 0.2) is 5.82 Å². The highest BCUT2D eigenvalue weighted by atomic mass is 32.1. The van der Waals surface area contributed by atoms with Crippen LogP contribution in [0.3, 0.4) is 0 Å². The molecule has 2 aliphatic heterocycles. The molecule has 1 fully saturated rings. The first kappa shape index (κ1) is 19.3. The molecule has 28 heavy (non-hydrogen) atoms. The molecule has 0 saturated carbocycles. The molecule has 1 saturated heterocycles. The number of likely N-dealkylation sites (N-methyl/N-ethyl adjacent to an activating group) is 1. The topological polar surface area (TPSA) is 74.2 Å². The summed E-state index contributed by atoms with van der Waals surface area (Å²) in [5.74, 6) is 1.83. The second-order valence-electron chi connectivity index (χ2n) is 7.76. The number of anilines is 1. The molecule has 0 bridgehead atoms. The summed E-state index contributed by atoms with van der Waals surface area (Å²) in [4.78, 5) is 31.7. The van der Waals surface area contributed by atoms with E-state index in [-0.39, 0.29) is 11.9 Å². The van der Waals surface area contributed by atoms with Gasteiger partial charge < -0.3 is 15.1 Å². The molecule has 150 valence electrons. The van der Waals surface area contributed by atoms with Crippen LogP contribution in [0.25, 0.3) is 0 Å². The summed E-state index contributed by atoms with van der Waals surface area (Å²) in [5, 5.41) is 4.69. The zero-order valence-electron chi connectivity index (χ0n) is 16.9. The Balaban J connectivity index is 1.58. The molecule has 2 aromatic heterocycles. The summed E-state index contributed by atoms with van der Waals surface area (Å²) < 4.78 is 0. The second kappa shape index (κ2) is 8.13. The molecule has 0 radical (unpaired) electrons. The lowest BCUT2D eigenvalue weighted by Crippen LogP contribution is -2.32. The van der Waals surface area contributed by atoms with Crippen LogP contribution < -0.4 is 5.32 Å². The fraction of sp³-hybridized carbons (Fsp3) is 0.600. The minimum absolute atomic E-state index is 0.00260. The van der Waals surface area contributed by atoms with Gasteiger partial charge in [0, 0.05) is 56.2 Å². The number of likely N-dealkylation sites (tertiary alicyclic amines) is 1. The quantitative estimate of drug-likeness (QED) is 0.832. The van der Waals surface area contributed by atoms with Crippen molar-refractivity contribution >= 4 is 23.1 Å². The first-order valence-corrected chi connectivity index (χ1v) is 10.8. The highest BCUT2D eigenvalue weighted by Gasteiger charge is 2.32. The predicted molar refractivity (Wildman–Crippen MR) is 110 cm³/mol. The van der Waals surface area contributed by atoms with Gasteiger partial charge in [-0.2, -0.15) is 0 Å². The highest BCUT2D eigenvalue weighted by molar-refractivity contribution is 7.11. The van der Waals surface area contributed by atoms with Gasteiger partial charge in [-0.05, 0) is 33.2 Å². The SMILES string of the molecule is CC(=O)N1CCCC1c1nc2c(c(NCCc3ncc(C)s3)n1)CCN(C)C2. The fourth-order valence-corrected chi connectivity index (χ4v) is 4.88. The third-order valence-electron chi connectivity index (χ3n) is 5.53. The molecule has 1 N–H and O–H groups in total. The molecule has 1 unspecified atom stereocenters. The number of aromatic nitrogens is 3. The summed E-state index contributed by atoms with van der Waals surface area (Å²) in [5.41, 5.74) is 2.33. The minimum Gasteiger partial charge on any atom is -0.369 e. The number of hydrogen-bond acceptors (Lipinski definition) is 7. The minimum atomic E-state index is -0.00260. The van der Waals surface area contributed by atoms with Crippen LogP contribution in [0.1, 0.15) is 52.8 Å². The molecule has 8 heteroatoms. The van der Waals surface area contributed by atoms with Crippen molar-refractivity contribution in [2.24, 2.45) is 0 Å². The van der Waals surface area contributed by atoms with E-state index in [1.807, 2.05) is 11.1 Å². The average molecular weight is 401 g/mol. The number of carbonyl (C=O) groups is 1. The van der Waals surface area contributed by atoms with Crippen LogP contribution in [-0.4, -0.2) is 57.3 Å². The number of hydrogen-bond donors (Lipinski definition) is 1. The van der Waals surface area contributed by atoms with Crippen LogP contribution >= 0.6 is 11.3 Å². The Kier molecular flexibility index (Phi) is 5.59. The van der Waals surface area contributed by atoms with Gasteiger partial charge in [-0.1, -0.05) is 0 Å². The van der Waals surface area contributed by atoms with Crippen LogP contribution in [0.5, 0.6) is 0 Å². The van der Waals surface area contributed by atoms with E-state index >= 15 is 0 Å². The molecule has 2 aliphatic rings. The van der Waals surface area contributed by atoms with E-state index < -0.39 is 0 Å². The predicted octanol–water partition coefficient (Wildman–Crippen LogP) is 2.57. The zero-order chi connectivity index (χ0) is 19.7. The standard InChI is InChI=1S/C20H28N6OS/c1-13-11-22-18(28-13)6-8-21-19-15-7-10-25(3)12-16(15)23-20(24-19)17-5-4-9-26(17)14(2)27/h11,17H,4-10,12H2,1-3H3,(H,21,23,24). The number of amides is 1. The van der Waals surface area contributed by atoms with Gasteiger partial charge in [0.1, 0.15) is 5.82 Å². The largest absolute Gasteiger partial charge is 0.369 e. The Bertz CT molecular complexity index is 866. The Morgan fingerprint density at radius 2 is 2.21 bits per heavy atom. The summed E-state index contributed by atoms with van der Waals surface area (Å²) >= 11 is 1.74. The van der Waals surface area contributed by atoms with E-state index in [4.69, 9.17) is 9.97 Å². The van der Waals surface area contributed by atoms with Gasteiger partial charge in [-0.15, -0.1) is 11.3 Å². The zero-order valence-corrected chi connectivity index (χ0v) is 17.7. The van der Waals surface area contributed by atoms with Crippen LogP contribution in [-0.2, 0) is 24.2 Å². The molecular formula is C20H28N6OS. The second-order valence-corrected chi connectivity index (χ2v) is 9.07. The number of fused-ring (bicyclic) bond motifs is 1. The molecule has 4 heterocycles. The third-order valence-corrected chi connectivity index (χ3v) is 6.50. The Hall–Kier alpha value is -2.06. The number of nitrogens with one attached hydrogen (secondary N) is 1. The van der Waals surface area contributed by atoms with E-state index in [2.05, 4.69) is 29.2 Å². The van der Waals surface area contributed by atoms with Crippen molar-refractivity contribution in [1.29, 1.82) is 0 Å². The van der Waals surface area contributed by atoms with Gasteiger partial charge in [-0.25, -0.2) is 15.0 Å². The van der Waals surface area contributed by atoms with Crippen molar-refractivity contribution in [2.75, 3.05) is 32.0 Å². The lowest BCUT2D eigenvalue weighted by molar-refractivity contribution is -0.129. The van der Waals surface area contributed by atoms with Gasteiger partial charge in [0.05, 0.1) is 16.7 Å². The van der Waals surface area contributed by atoms with E-state index in [0.717, 1.165) is 74.2 Å². The van der Waals surface area contributed by atoms with E-state index in [9.17, 15) is 4.79 Å². The number of aryl methyl sites for hydroxylation is 1. The maximum Gasteiger partial charge on any atom is 0.220 e. The summed E-state index contributed by atoms with van der Waals surface area (Å²) in [6.45, 7) is 7.16. The Morgan fingerprint density at radius 3 is 2.96 bits per heavy atom. The number of rotatable bonds is 5. The molecule has 4 rings (SSSR count). The van der Waals surface area contributed by atoms with Crippen molar-refractivity contribution in [3.05, 3.63) is 33.2 Å². The number of nitrogens with zero attached hydrogens (tertiary/aromatic N) is 5. The molecule has 1 atom stereocenters. The first-order chi connectivity index (χ1) is 13.5. The maximum atomic E-state index is 12.0. The molecule has 0 spiro atoms. The third kappa shape index (κ3) is 4.03. The van der Waals surface area contributed by atoms with Crippen molar-refractivity contribution in [3.8, 4) is 0 Å². The van der Waals surface area contributed by atoms with Crippen molar-refractivity contribution in [1.82, 2.24) is 24.8 Å². The van der Waals surface area contributed by atoms with Crippen molar-refractivity contribution in [3.63, 3.8) is 0 Å². The Morgan fingerprint density at radius 1 is 1.36 bits per heavy atom. The summed E-state index contributed by atoms with van der Waals surface area (Å²) in [6.07, 6.45) is 5.71. The van der Waals surface area contributed by atoms with E-state index in [1.165, 1.54) is 10.4 Å². The van der Waals surface area contributed by atoms with Gasteiger partial charge in [0.25, 0.3) is 0 Å². The smallest absolute Gasteiger partial charge is 0.220 e. The fourth-order valence-electron chi connectivity index (χ4n) is 4.09. The lowest BCUT2D eigenvalue weighted by atomic mass is 10.0. The van der Waals surface area contributed by atoms with Crippen molar-refractivity contribution in [2.45, 2.75) is 52.1 Å². The molecule has 0 aromatic carbocycles. The van der Waals surface area contributed by atoms with E-state index in [1.54, 1.807) is 18.3 Å². The molecule has 1 amide bonds. The maximum absolute atomic E-state index is 12.0. The van der Waals surface area contributed by atoms with Crippen LogP contribution in [0.15, 0.2) is 6.20 Å². The Labute approximate surface area is 170 Å². The number of thiazole rings is 1. The van der Waals surface area contributed by atoms with Crippen molar-refractivity contribution < 1.29 is 4.79 Å². The van der Waals surface area contributed by atoms with Gasteiger partial charge in [0.2, 0.25) is 5.91 Å². The monoisotopic (exact) mass is 400 g/mol. The van der Waals surface area contributed by atoms with Crippen LogP contribution in [0, 0.1) is 6.92 Å². The summed E-state index contributed by atoms with van der Waals surface area (Å²) in [6, 6.07) is -0.00260. The first-order valence-electron chi connectivity index (χ1n) is 10.0. The summed E-state index contributed by atoms with van der Waals surface area (Å²) in [7, 11) is 2.13. The lowest BCUT2D eigenvalue weighted by Gasteiger charge is -2.28. The number of carbonyl (C=O) groups excluding carboxylic acids is 1. The molecular weight excluding hydrogens is 372 g/mol. The molecule has 7 nitrogen and oxygen atoms in total. The van der Waals surface area contributed by atoms with Gasteiger partial charge in [-0.3, -0.25) is 4.79 Å². The normalized spacial score (nSPS) is 19.7. The van der Waals surface area contributed by atoms with E-state index in [0.29, 0.717) is 0 Å². The average Bonchev–Trinajstić information content (AvgIpc) is 3.30. The van der Waals surface area contributed by atoms with Crippen LogP contribution in [0.2, 0.25) is 0 Å². The van der Waals surface area contributed by atoms with Gasteiger partial charge >= 0.3 is 0 Å². The molecule has 0 aliphatic carbocycles.